The third-order valence-corrected chi connectivity index (χ3v) is 5.10. The van der Waals surface area contributed by atoms with Crippen LogP contribution in [-0.2, 0) is 22.6 Å². The molecule has 2 aliphatic heterocycles. The Morgan fingerprint density at radius 3 is 2.64 bits per heavy atom. The molecule has 0 unspecified atom stereocenters. The first kappa shape index (κ1) is 17.5. The van der Waals surface area contributed by atoms with Gasteiger partial charge in [0.25, 0.3) is 0 Å². The highest BCUT2D eigenvalue weighted by Crippen LogP contribution is 2.23. The van der Waals surface area contributed by atoms with Crippen LogP contribution in [0.5, 0.6) is 0 Å². The zero-order valence-corrected chi connectivity index (χ0v) is 14.4. The van der Waals surface area contributed by atoms with Crippen molar-refractivity contribution in [2.45, 2.75) is 45.1 Å². The maximum Gasteiger partial charge on any atom is 0.335 e. The molecule has 25 heavy (non-hydrogen) atoms. The lowest BCUT2D eigenvalue weighted by Gasteiger charge is -2.32. The molecule has 1 aromatic carbocycles. The van der Waals surface area contributed by atoms with Gasteiger partial charge in [0.2, 0.25) is 11.8 Å². The second kappa shape index (κ2) is 7.68. The van der Waals surface area contributed by atoms with E-state index in [-0.39, 0.29) is 18.4 Å². The number of rotatable bonds is 3. The number of fused-ring (bicyclic) bond motifs is 1. The standard InChI is InChI=1S/C19H24N2O4/c22-17-8-3-1-2-4-10-20(17)13-18(23)21-11-9-15-14(12-21)6-5-7-16(15)19(24)25/h5-7H,1-4,8-13H2,(H,24,25). The number of aromatic carboxylic acids is 1. The zero-order chi connectivity index (χ0) is 17.8. The van der Waals surface area contributed by atoms with Crippen LogP contribution in [0.3, 0.4) is 0 Å². The molecule has 3 rings (SSSR count). The molecule has 1 N–H and O–H groups in total. The van der Waals surface area contributed by atoms with Crippen molar-refractivity contribution in [2.75, 3.05) is 19.6 Å². The first-order valence-corrected chi connectivity index (χ1v) is 8.96. The van der Waals surface area contributed by atoms with Gasteiger partial charge in [-0.15, -0.1) is 0 Å². The van der Waals surface area contributed by atoms with Crippen molar-refractivity contribution in [3.8, 4) is 0 Å². The Labute approximate surface area is 147 Å². The SMILES string of the molecule is O=C(O)c1cccc2c1CCN(C(=O)CN1CCCCCCC1=O)C2. The quantitative estimate of drug-likeness (QED) is 0.910. The number of hydrogen-bond acceptors (Lipinski definition) is 3. The molecule has 6 heteroatoms. The van der Waals surface area contributed by atoms with Crippen LogP contribution in [0.4, 0.5) is 0 Å². The van der Waals surface area contributed by atoms with E-state index in [0.717, 1.165) is 36.8 Å². The summed E-state index contributed by atoms with van der Waals surface area (Å²) < 4.78 is 0. The summed E-state index contributed by atoms with van der Waals surface area (Å²) in [5.74, 6) is -0.915. The molecule has 0 radical (unpaired) electrons. The van der Waals surface area contributed by atoms with Gasteiger partial charge in [0.15, 0.2) is 0 Å². The summed E-state index contributed by atoms with van der Waals surface area (Å²) in [4.78, 5) is 39.6. The van der Waals surface area contributed by atoms with Crippen LogP contribution in [0.25, 0.3) is 0 Å². The lowest BCUT2D eigenvalue weighted by molar-refractivity contribution is -0.141. The lowest BCUT2D eigenvalue weighted by atomic mass is 9.94. The van der Waals surface area contributed by atoms with Crippen LogP contribution in [0.2, 0.25) is 0 Å². The third-order valence-electron chi connectivity index (χ3n) is 5.10. The highest BCUT2D eigenvalue weighted by atomic mass is 16.4. The Hall–Kier alpha value is -2.37. The van der Waals surface area contributed by atoms with Gasteiger partial charge in [0.1, 0.15) is 0 Å². The topological polar surface area (TPSA) is 77.9 Å². The third kappa shape index (κ3) is 4.00. The Bertz CT molecular complexity index is 686. The minimum Gasteiger partial charge on any atom is -0.478 e. The predicted octanol–water partition coefficient (Wildman–Crippen LogP) is 2.06. The van der Waals surface area contributed by atoms with Crippen molar-refractivity contribution in [1.82, 2.24) is 9.80 Å². The summed E-state index contributed by atoms with van der Waals surface area (Å²) in [6.45, 7) is 1.69. The molecule has 6 nitrogen and oxygen atoms in total. The summed E-state index contributed by atoms with van der Waals surface area (Å²) >= 11 is 0. The number of amides is 2. The fourth-order valence-corrected chi connectivity index (χ4v) is 3.67. The maximum absolute atomic E-state index is 12.7. The number of carbonyl (C=O) groups excluding carboxylic acids is 2. The molecule has 2 aliphatic rings. The van der Waals surface area contributed by atoms with Crippen molar-refractivity contribution < 1.29 is 19.5 Å². The lowest BCUT2D eigenvalue weighted by Crippen LogP contribution is -2.45. The molecular formula is C19H24N2O4. The zero-order valence-electron chi connectivity index (χ0n) is 14.4. The minimum atomic E-state index is -0.928. The van der Waals surface area contributed by atoms with E-state index in [0.29, 0.717) is 38.0 Å². The molecule has 2 amide bonds. The van der Waals surface area contributed by atoms with Gasteiger partial charge < -0.3 is 14.9 Å². The van der Waals surface area contributed by atoms with Gasteiger partial charge in [-0.25, -0.2) is 4.79 Å². The Morgan fingerprint density at radius 2 is 1.84 bits per heavy atom. The van der Waals surface area contributed by atoms with Crippen molar-refractivity contribution in [1.29, 1.82) is 0 Å². The number of carboxylic acid groups (broad SMARTS) is 1. The van der Waals surface area contributed by atoms with Crippen molar-refractivity contribution in [2.24, 2.45) is 0 Å². The van der Waals surface area contributed by atoms with Crippen molar-refractivity contribution in [3.63, 3.8) is 0 Å². The first-order valence-electron chi connectivity index (χ1n) is 8.96. The monoisotopic (exact) mass is 344 g/mol. The highest BCUT2D eigenvalue weighted by molar-refractivity contribution is 5.90. The number of carbonyl (C=O) groups is 3. The van der Waals surface area contributed by atoms with Crippen LogP contribution in [-0.4, -0.2) is 52.3 Å². The van der Waals surface area contributed by atoms with E-state index in [1.807, 2.05) is 6.07 Å². The molecule has 0 bridgehead atoms. The summed E-state index contributed by atoms with van der Waals surface area (Å²) in [7, 11) is 0. The largest absolute Gasteiger partial charge is 0.478 e. The molecular weight excluding hydrogens is 320 g/mol. The van der Waals surface area contributed by atoms with Crippen LogP contribution < -0.4 is 0 Å². The molecule has 0 aliphatic carbocycles. The Kier molecular flexibility index (Phi) is 5.36. The summed E-state index contributed by atoms with van der Waals surface area (Å²) in [5, 5.41) is 9.29. The molecule has 134 valence electrons. The van der Waals surface area contributed by atoms with Gasteiger partial charge in [-0.05, 0) is 36.5 Å². The minimum absolute atomic E-state index is 0.0553. The molecule has 0 atom stereocenters. The second-order valence-corrected chi connectivity index (χ2v) is 6.79. The summed E-state index contributed by atoms with van der Waals surface area (Å²) in [6, 6.07) is 5.21. The second-order valence-electron chi connectivity index (χ2n) is 6.79. The number of carboxylic acids is 1. The summed E-state index contributed by atoms with van der Waals surface area (Å²) in [5.41, 5.74) is 2.03. The smallest absolute Gasteiger partial charge is 0.335 e. The average molecular weight is 344 g/mol. The van der Waals surface area contributed by atoms with Gasteiger partial charge in [-0.1, -0.05) is 25.0 Å². The van der Waals surface area contributed by atoms with E-state index in [4.69, 9.17) is 0 Å². The van der Waals surface area contributed by atoms with Crippen LogP contribution in [0.1, 0.15) is 53.6 Å². The van der Waals surface area contributed by atoms with Gasteiger partial charge >= 0.3 is 5.97 Å². The number of hydrogen-bond donors (Lipinski definition) is 1. The molecule has 0 aromatic heterocycles. The highest BCUT2D eigenvalue weighted by Gasteiger charge is 2.26. The normalized spacial score (nSPS) is 18.3. The number of likely N-dealkylation sites (tertiary alicyclic amines) is 1. The van der Waals surface area contributed by atoms with E-state index in [1.165, 1.54) is 0 Å². The van der Waals surface area contributed by atoms with Crippen LogP contribution in [0, 0.1) is 0 Å². The fourth-order valence-electron chi connectivity index (χ4n) is 3.67. The molecule has 0 spiro atoms. The Balaban J connectivity index is 1.67. The molecule has 1 aromatic rings. The van der Waals surface area contributed by atoms with E-state index in [9.17, 15) is 19.5 Å². The first-order chi connectivity index (χ1) is 12.1. The van der Waals surface area contributed by atoms with E-state index < -0.39 is 5.97 Å². The van der Waals surface area contributed by atoms with Crippen LogP contribution in [0.15, 0.2) is 18.2 Å². The predicted molar refractivity (Wildman–Crippen MR) is 92.2 cm³/mol. The molecule has 0 saturated carbocycles. The van der Waals surface area contributed by atoms with Crippen LogP contribution >= 0.6 is 0 Å². The van der Waals surface area contributed by atoms with Gasteiger partial charge in [-0.3, -0.25) is 9.59 Å². The Morgan fingerprint density at radius 1 is 1.04 bits per heavy atom. The van der Waals surface area contributed by atoms with Gasteiger partial charge in [0, 0.05) is 26.1 Å². The van der Waals surface area contributed by atoms with E-state index in [1.54, 1.807) is 21.9 Å². The summed E-state index contributed by atoms with van der Waals surface area (Å²) in [6.07, 6.45) is 5.10. The molecule has 2 heterocycles. The van der Waals surface area contributed by atoms with Crippen molar-refractivity contribution in [3.05, 3.63) is 34.9 Å². The maximum atomic E-state index is 12.7. The molecule has 1 fully saturated rings. The average Bonchev–Trinajstić information content (AvgIpc) is 2.60. The van der Waals surface area contributed by atoms with Gasteiger partial charge in [0.05, 0.1) is 12.1 Å². The number of nitrogens with zero attached hydrogens (tertiary/aromatic N) is 2. The molecule has 1 saturated heterocycles. The van der Waals surface area contributed by atoms with Gasteiger partial charge in [-0.2, -0.15) is 0 Å². The van der Waals surface area contributed by atoms with Crippen molar-refractivity contribution >= 4 is 17.8 Å². The number of benzene rings is 1. The fraction of sp³-hybridized carbons (Fsp3) is 0.526. The van der Waals surface area contributed by atoms with E-state index >= 15 is 0 Å². The van der Waals surface area contributed by atoms with E-state index in [2.05, 4.69) is 0 Å².